The average molecular weight is 347 g/mol. The van der Waals surface area contributed by atoms with Gasteiger partial charge in [-0.2, -0.15) is 0 Å². The summed E-state index contributed by atoms with van der Waals surface area (Å²) in [6, 6.07) is 7.95. The van der Waals surface area contributed by atoms with Crippen molar-refractivity contribution in [2.45, 2.75) is 71.1 Å². The number of rotatable bonds is 14. The summed E-state index contributed by atoms with van der Waals surface area (Å²) < 4.78 is 10.1. The molecule has 140 valence electrons. The van der Waals surface area contributed by atoms with Gasteiger partial charge in [0.05, 0.1) is 20.1 Å². The fourth-order valence-electron chi connectivity index (χ4n) is 2.64. The fraction of sp³-hybridized carbons (Fsp3) is 0.591. The predicted molar refractivity (Wildman–Crippen MR) is 105 cm³/mol. The highest BCUT2D eigenvalue weighted by Crippen LogP contribution is 2.15. The molecule has 3 heteroatoms. The van der Waals surface area contributed by atoms with Crippen LogP contribution in [0.4, 0.5) is 0 Å². The van der Waals surface area contributed by atoms with E-state index in [0.717, 1.165) is 12.2 Å². The molecular weight excluding hydrogens is 312 g/mol. The number of allylic oxidation sites excluding steroid dienone is 1. The van der Waals surface area contributed by atoms with Crippen LogP contribution in [0.2, 0.25) is 0 Å². The van der Waals surface area contributed by atoms with E-state index in [1.54, 1.807) is 0 Å². The Kier molecular flexibility index (Phi) is 12.4. The molecule has 0 aromatic heterocycles. The lowest BCUT2D eigenvalue weighted by molar-refractivity contribution is -0.141. The highest BCUT2D eigenvalue weighted by atomic mass is 16.5. The number of hydrogen-bond acceptors (Lipinski definition) is 3. The van der Waals surface area contributed by atoms with Gasteiger partial charge in [-0.3, -0.25) is 4.79 Å². The van der Waals surface area contributed by atoms with Crippen molar-refractivity contribution in [3.05, 3.63) is 35.9 Å². The van der Waals surface area contributed by atoms with Crippen LogP contribution in [0.15, 0.2) is 30.3 Å². The maximum absolute atomic E-state index is 11.0. The molecule has 1 aromatic rings. The summed E-state index contributed by atoms with van der Waals surface area (Å²) in [5.74, 6) is 0.532. The van der Waals surface area contributed by atoms with Crippen molar-refractivity contribution in [3.63, 3.8) is 0 Å². The second-order valence-corrected chi connectivity index (χ2v) is 6.41. The number of ether oxygens (including phenoxy) is 2. The maximum atomic E-state index is 11.0. The quantitative estimate of drug-likeness (QED) is 0.298. The van der Waals surface area contributed by atoms with Crippen molar-refractivity contribution in [2.75, 3.05) is 13.7 Å². The van der Waals surface area contributed by atoms with Crippen molar-refractivity contribution in [3.8, 4) is 5.75 Å². The Morgan fingerprint density at radius 3 is 2.24 bits per heavy atom. The van der Waals surface area contributed by atoms with E-state index < -0.39 is 0 Å². The third kappa shape index (κ3) is 11.4. The first-order valence-corrected chi connectivity index (χ1v) is 9.72. The molecule has 0 aliphatic rings. The smallest absolute Gasteiger partial charge is 0.308 e. The minimum atomic E-state index is -0.250. The van der Waals surface area contributed by atoms with Gasteiger partial charge in [0.25, 0.3) is 0 Å². The topological polar surface area (TPSA) is 35.5 Å². The first kappa shape index (κ1) is 21.3. The fourth-order valence-corrected chi connectivity index (χ4v) is 2.64. The molecule has 0 heterocycles. The van der Waals surface area contributed by atoms with Crippen molar-refractivity contribution < 1.29 is 14.3 Å². The molecule has 0 fully saturated rings. The van der Waals surface area contributed by atoms with E-state index in [0.29, 0.717) is 6.61 Å². The zero-order valence-electron chi connectivity index (χ0n) is 16.0. The first-order valence-electron chi connectivity index (χ1n) is 9.72. The van der Waals surface area contributed by atoms with Crippen molar-refractivity contribution in [1.82, 2.24) is 0 Å². The van der Waals surface area contributed by atoms with Gasteiger partial charge in [0.15, 0.2) is 0 Å². The molecule has 1 aromatic carbocycles. The molecule has 0 saturated carbocycles. The molecule has 0 N–H and O–H groups in total. The van der Waals surface area contributed by atoms with Gasteiger partial charge < -0.3 is 9.47 Å². The monoisotopic (exact) mass is 346 g/mol. The molecule has 1 rings (SSSR count). The number of carbonyl (C=O) groups is 1. The van der Waals surface area contributed by atoms with Gasteiger partial charge in [0.1, 0.15) is 5.75 Å². The molecule has 0 saturated heterocycles. The largest absolute Gasteiger partial charge is 0.493 e. The van der Waals surface area contributed by atoms with Gasteiger partial charge in [-0.05, 0) is 30.5 Å². The molecule has 0 atom stereocenters. The highest BCUT2D eigenvalue weighted by Gasteiger charge is 2.00. The average Bonchev–Trinajstić information content (AvgIpc) is 2.64. The summed E-state index contributed by atoms with van der Waals surface area (Å²) in [5, 5.41) is 0. The minimum Gasteiger partial charge on any atom is -0.493 e. The number of unbranched alkanes of at least 4 members (excludes halogenated alkanes) is 8. The van der Waals surface area contributed by atoms with E-state index in [9.17, 15) is 4.79 Å². The second kappa shape index (κ2) is 14.6. The molecule has 0 aliphatic carbocycles. The van der Waals surface area contributed by atoms with Crippen LogP contribution >= 0.6 is 0 Å². The molecule has 0 spiro atoms. The lowest BCUT2D eigenvalue weighted by Gasteiger charge is -2.05. The third-order valence-corrected chi connectivity index (χ3v) is 4.22. The van der Waals surface area contributed by atoms with Crippen molar-refractivity contribution in [1.29, 1.82) is 0 Å². The molecule has 0 amide bonds. The van der Waals surface area contributed by atoms with E-state index in [2.05, 4.69) is 23.8 Å². The summed E-state index contributed by atoms with van der Waals surface area (Å²) in [4.78, 5) is 11.0. The van der Waals surface area contributed by atoms with Crippen LogP contribution in [0, 0.1) is 0 Å². The van der Waals surface area contributed by atoms with Crippen molar-refractivity contribution >= 4 is 12.0 Å². The molecule has 0 radical (unpaired) electrons. The summed E-state index contributed by atoms with van der Waals surface area (Å²) in [6.07, 6.45) is 16.7. The van der Waals surface area contributed by atoms with Crippen LogP contribution in [0.5, 0.6) is 5.75 Å². The SMILES string of the molecule is CCCCCCCCCC/C=C/c1ccc(OCCC(=O)OC)cc1. The zero-order valence-corrected chi connectivity index (χ0v) is 16.0. The van der Waals surface area contributed by atoms with Crippen LogP contribution < -0.4 is 4.74 Å². The Labute approximate surface area is 153 Å². The van der Waals surface area contributed by atoms with Crippen LogP contribution in [-0.2, 0) is 9.53 Å². The van der Waals surface area contributed by atoms with E-state index in [1.165, 1.54) is 64.0 Å². The van der Waals surface area contributed by atoms with Gasteiger partial charge in [-0.15, -0.1) is 0 Å². The standard InChI is InChI=1S/C22H34O3/c1-3-4-5-6-7-8-9-10-11-12-13-20-14-16-21(17-15-20)25-19-18-22(23)24-2/h12-17H,3-11,18-19H2,1-2H3/b13-12+. The van der Waals surface area contributed by atoms with Crippen LogP contribution in [0.25, 0.3) is 6.08 Å². The normalized spacial score (nSPS) is 11.0. The third-order valence-electron chi connectivity index (χ3n) is 4.22. The minimum absolute atomic E-state index is 0.250. The first-order chi connectivity index (χ1) is 12.3. The number of hydrogen-bond donors (Lipinski definition) is 0. The van der Waals surface area contributed by atoms with Gasteiger partial charge in [-0.1, -0.05) is 76.2 Å². The van der Waals surface area contributed by atoms with Gasteiger partial charge >= 0.3 is 5.97 Å². The number of methoxy groups -OCH3 is 1. The Bertz CT molecular complexity index is 477. The number of carbonyl (C=O) groups excluding carboxylic acids is 1. The molecule has 3 nitrogen and oxygen atoms in total. The van der Waals surface area contributed by atoms with Crippen LogP contribution in [-0.4, -0.2) is 19.7 Å². The Morgan fingerprint density at radius 1 is 0.960 bits per heavy atom. The molecule has 0 aliphatic heterocycles. The lowest BCUT2D eigenvalue weighted by atomic mass is 10.1. The summed E-state index contributed by atoms with van der Waals surface area (Å²) in [7, 11) is 1.39. The number of esters is 1. The summed E-state index contributed by atoms with van der Waals surface area (Å²) in [6.45, 7) is 2.61. The van der Waals surface area contributed by atoms with E-state index in [-0.39, 0.29) is 12.4 Å². The maximum Gasteiger partial charge on any atom is 0.308 e. The Morgan fingerprint density at radius 2 is 1.60 bits per heavy atom. The summed E-state index contributed by atoms with van der Waals surface area (Å²) >= 11 is 0. The van der Waals surface area contributed by atoms with E-state index >= 15 is 0 Å². The molecule has 25 heavy (non-hydrogen) atoms. The number of benzene rings is 1. The van der Waals surface area contributed by atoms with Crippen LogP contribution in [0.1, 0.15) is 76.7 Å². The van der Waals surface area contributed by atoms with Gasteiger partial charge in [-0.25, -0.2) is 0 Å². The van der Waals surface area contributed by atoms with E-state index in [4.69, 9.17) is 4.74 Å². The molecule has 0 unspecified atom stereocenters. The molecule has 0 bridgehead atoms. The molecular formula is C22H34O3. The lowest BCUT2D eigenvalue weighted by Crippen LogP contribution is -2.07. The second-order valence-electron chi connectivity index (χ2n) is 6.41. The Balaban J connectivity index is 2.10. The predicted octanol–water partition coefficient (Wildman–Crippen LogP) is 6.17. The zero-order chi connectivity index (χ0) is 18.2. The van der Waals surface area contributed by atoms with E-state index in [1.807, 2.05) is 24.3 Å². The highest BCUT2D eigenvalue weighted by molar-refractivity contribution is 5.69. The summed E-state index contributed by atoms with van der Waals surface area (Å²) in [5.41, 5.74) is 1.18. The van der Waals surface area contributed by atoms with Gasteiger partial charge in [0, 0.05) is 0 Å². The van der Waals surface area contributed by atoms with Crippen LogP contribution in [0.3, 0.4) is 0 Å². The van der Waals surface area contributed by atoms with Gasteiger partial charge in [0.2, 0.25) is 0 Å². The van der Waals surface area contributed by atoms with Crippen molar-refractivity contribution in [2.24, 2.45) is 0 Å². The Hall–Kier alpha value is -1.77.